The van der Waals surface area contributed by atoms with Crippen LogP contribution in [-0.4, -0.2) is 27.0 Å². The van der Waals surface area contributed by atoms with E-state index in [1.807, 2.05) is 24.3 Å². The summed E-state index contributed by atoms with van der Waals surface area (Å²) < 4.78 is 20.6. The first-order valence-electron chi connectivity index (χ1n) is 9.18. The van der Waals surface area contributed by atoms with Crippen molar-refractivity contribution in [3.63, 3.8) is 0 Å². The van der Waals surface area contributed by atoms with E-state index in [1.54, 1.807) is 23.6 Å². The van der Waals surface area contributed by atoms with Crippen LogP contribution in [0.5, 0.6) is 0 Å². The predicted octanol–water partition coefficient (Wildman–Crippen LogP) is 2.79. The number of carbonyl (C=O) groups is 1. The van der Waals surface area contributed by atoms with Crippen LogP contribution in [0.3, 0.4) is 0 Å². The number of nitrogens with one attached hydrogen (secondary N) is 2. The minimum absolute atomic E-state index is 0.0352. The fourth-order valence-corrected chi connectivity index (χ4v) is 3.19. The molecule has 0 atom stereocenters. The van der Waals surface area contributed by atoms with E-state index in [2.05, 4.69) is 15.3 Å². The number of rotatable bonds is 6. The number of hydrogen-bond donors (Lipinski definition) is 2. The fourth-order valence-electron chi connectivity index (χ4n) is 3.19. The Morgan fingerprint density at radius 3 is 2.90 bits per heavy atom. The number of carbonyl (C=O) groups excluding carboxylic acids is 1. The zero-order chi connectivity index (χ0) is 20.4. The number of para-hydroxylation sites is 2. The van der Waals surface area contributed by atoms with E-state index in [0.29, 0.717) is 30.1 Å². The Labute approximate surface area is 165 Å². The molecule has 2 heterocycles. The number of hydrogen-bond acceptors (Lipinski definition) is 4. The van der Waals surface area contributed by atoms with Crippen LogP contribution in [-0.2, 0) is 17.8 Å². The normalized spacial score (nSPS) is 11.1. The van der Waals surface area contributed by atoms with Crippen molar-refractivity contribution in [3.05, 3.63) is 76.3 Å². The number of imidazole rings is 1. The zero-order valence-electron chi connectivity index (χ0n) is 15.7. The number of aryl methyl sites for hydroxylation is 1. The Kier molecular flexibility index (Phi) is 4.99. The molecule has 2 aromatic heterocycles. The van der Waals surface area contributed by atoms with Gasteiger partial charge < -0.3 is 14.7 Å². The van der Waals surface area contributed by atoms with Crippen LogP contribution < -0.4 is 11.0 Å². The molecule has 0 saturated carbocycles. The van der Waals surface area contributed by atoms with Crippen molar-refractivity contribution < 1.29 is 13.6 Å². The number of H-pyrrole nitrogens is 1. The quantitative estimate of drug-likeness (QED) is 0.526. The third-order valence-corrected chi connectivity index (χ3v) is 4.63. The zero-order valence-corrected chi connectivity index (χ0v) is 15.7. The molecule has 8 heteroatoms. The lowest BCUT2D eigenvalue weighted by molar-refractivity contribution is -0.120. The summed E-state index contributed by atoms with van der Waals surface area (Å²) in [4.78, 5) is 31.5. The monoisotopic (exact) mass is 394 g/mol. The van der Waals surface area contributed by atoms with Crippen LogP contribution in [0.2, 0.25) is 0 Å². The Balaban J connectivity index is 1.39. The van der Waals surface area contributed by atoms with E-state index >= 15 is 0 Å². The second-order valence-electron chi connectivity index (χ2n) is 6.66. The van der Waals surface area contributed by atoms with Gasteiger partial charge in [0.25, 0.3) is 0 Å². The molecular formula is C21H19FN4O3. The summed E-state index contributed by atoms with van der Waals surface area (Å²) in [5, 5.41) is 2.79. The number of oxazole rings is 1. The summed E-state index contributed by atoms with van der Waals surface area (Å²) in [5.74, 6) is 0.160. The molecule has 0 unspecified atom stereocenters. The first-order valence-corrected chi connectivity index (χ1v) is 9.18. The van der Waals surface area contributed by atoms with Crippen molar-refractivity contribution in [2.75, 3.05) is 6.54 Å². The molecule has 2 aromatic carbocycles. The van der Waals surface area contributed by atoms with Crippen LogP contribution in [0.1, 0.15) is 11.5 Å². The van der Waals surface area contributed by atoms with Gasteiger partial charge in [0.2, 0.25) is 11.8 Å². The molecule has 1 amide bonds. The van der Waals surface area contributed by atoms with Gasteiger partial charge in [-0.25, -0.2) is 14.2 Å². The van der Waals surface area contributed by atoms with E-state index < -0.39 is 0 Å². The summed E-state index contributed by atoms with van der Waals surface area (Å²) >= 11 is 0. The third kappa shape index (κ3) is 3.96. The van der Waals surface area contributed by atoms with Crippen LogP contribution >= 0.6 is 0 Å². The molecule has 4 rings (SSSR count). The molecule has 0 fully saturated rings. The van der Waals surface area contributed by atoms with Gasteiger partial charge in [-0.15, -0.1) is 0 Å². The summed E-state index contributed by atoms with van der Waals surface area (Å²) in [5.41, 5.74) is 2.34. The Hall–Kier alpha value is -3.68. The summed E-state index contributed by atoms with van der Waals surface area (Å²) in [6.07, 6.45) is 0.0352. The van der Waals surface area contributed by atoms with E-state index in [9.17, 15) is 14.0 Å². The van der Waals surface area contributed by atoms with Gasteiger partial charge in [0, 0.05) is 18.7 Å². The van der Waals surface area contributed by atoms with E-state index in [4.69, 9.17) is 4.42 Å². The first kappa shape index (κ1) is 18.7. The number of aromatic amines is 1. The van der Waals surface area contributed by atoms with Crippen LogP contribution in [0.4, 0.5) is 4.39 Å². The highest BCUT2D eigenvalue weighted by Gasteiger charge is 2.15. The molecule has 148 valence electrons. The molecule has 2 N–H and O–H groups in total. The van der Waals surface area contributed by atoms with Crippen molar-refractivity contribution in [2.24, 2.45) is 0 Å². The van der Waals surface area contributed by atoms with Gasteiger partial charge in [-0.3, -0.25) is 9.36 Å². The Bertz CT molecular complexity index is 1240. The highest BCUT2D eigenvalue weighted by molar-refractivity contribution is 5.78. The number of halogens is 1. The smallest absolute Gasteiger partial charge is 0.326 e. The maximum atomic E-state index is 13.4. The van der Waals surface area contributed by atoms with E-state index in [0.717, 1.165) is 11.0 Å². The number of aromatic nitrogens is 3. The second-order valence-corrected chi connectivity index (χ2v) is 6.66. The summed E-state index contributed by atoms with van der Waals surface area (Å²) in [6.45, 7) is 2.36. The number of benzene rings is 2. The van der Waals surface area contributed by atoms with Crippen molar-refractivity contribution >= 4 is 16.9 Å². The molecule has 0 saturated heterocycles. The standard InChI is InChI=1S/C21H19FN4O3/c1-13-17(24-20(29-13)14-5-4-6-15(22)11-14)12-19(27)23-9-10-26-18-8-3-2-7-16(18)25-21(26)28/h2-8,11H,9-10,12H2,1H3,(H,23,27)(H,25,28). The number of nitrogens with zero attached hydrogens (tertiary/aromatic N) is 2. The lowest BCUT2D eigenvalue weighted by Crippen LogP contribution is -2.31. The second kappa shape index (κ2) is 7.75. The SMILES string of the molecule is Cc1oc(-c2cccc(F)c2)nc1CC(=O)NCCn1c(=O)[nH]c2ccccc21. The Morgan fingerprint density at radius 1 is 1.24 bits per heavy atom. The highest BCUT2D eigenvalue weighted by Crippen LogP contribution is 2.22. The number of amides is 1. The minimum atomic E-state index is -0.384. The van der Waals surface area contributed by atoms with Crippen LogP contribution in [0, 0.1) is 12.7 Å². The average Bonchev–Trinajstić information content (AvgIpc) is 3.21. The van der Waals surface area contributed by atoms with Gasteiger partial charge in [-0.2, -0.15) is 0 Å². The predicted molar refractivity (Wildman–Crippen MR) is 106 cm³/mol. The molecular weight excluding hydrogens is 375 g/mol. The van der Waals surface area contributed by atoms with Gasteiger partial charge in [-0.05, 0) is 37.3 Å². The Morgan fingerprint density at radius 2 is 2.07 bits per heavy atom. The lowest BCUT2D eigenvalue weighted by atomic mass is 10.2. The summed E-state index contributed by atoms with van der Waals surface area (Å²) in [7, 11) is 0. The molecule has 0 bridgehead atoms. The van der Waals surface area contributed by atoms with Crippen molar-refractivity contribution in [2.45, 2.75) is 19.9 Å². The van der Waals surface area contributed by atoms with Crippen molar-refractivity contribution in [3.8, 4) is 11.5 Å². The topological polar surface area (TPSA) is 92.9 Å². The van der Waals surface area contributed by atoms with Gasteiger partial charge in [0.1, 0.15) is 11.6 Å². The van der Waals surface area contributed by atoms with Crippen LogP contribution in [0.25, 0.3) is 22.5 Å². The molecule has 0 aliphatic rings. The van der Waals surface area contributed by atoms with Crippen molar-refractivity contribution in [1.82, 2.24) is 19.9 Å². The van der Waals surface area contributed by atoms with Crippen molar-refractivity contribution in [1.29, 1.82) is 0 Å². The van der Waals surface area contributed by atoms with Crippen LogP contribution in [0.15, 0.2) is 57.7 Å². The van der Waals surface area contributed by atoms with E-state index in [1.165, 1.54) is 12.1 Å². The maximum Gasteiger partial charge on any atom is 0.326 e. The molecule has 29 heavy (non-hydrogen) atoms. The number of fused-ring (bicyclic) bond motifs is 1. The molecule has 7 nitrogen and oxygen atoms in total. The molecule has 0 aliphatic heterocycles. The minimum Gasteiger partial charge on any atom is -0.441 e. The van der Waals surface area contributed by atoms with Gasteiger partial charge >= 0.3 is 5.69 Å². The molecule has 0 spiro atoms. The van der Waals surface area contributed by atoms with Gasteiger partial charge in [0.05, 0.1) is 23.1 Å². The first-order chi connectivity index (χ1) is 14.0. The fraction of sp³-hybridized carbons (Fsp3) is 0.190. The lowest BCUT2D eigenvalue weighted by Gasteiger charge is -2.05. The highest BCUT2D eigenvalue weighted by atomic mass is 19.1. The largest absolute Gasteiger partial charge is 0.441 e. The van der Waals surface area contributed by atoms with E-state index in [-0.39, 0.29) is 29.7 Å². The van der Waals surface area contributed by atoms with Gasteiger partial charge in [0.15, 0.2) is 0 Å². The molecule has 0 aliphatic carbocycles. The average molecular weight is 394 g/mol. The summed E-state index contributed by atoms with van der Waals surface area (Å²) in [6, 6.07) is 13.3. The van der Waals surface area contributed by atoms with Gasteiger partial charge in [-0.1, -0.05) is 18.2 Å². The third-order valence-electron chi connectivity index (χ3n) is 4.63. The molecule has 0 radical (unpaired) electrons. The maximum absolute atomic E-state index is 13.4. The molecule has 4 aromatic rings.